The molecule has 4 rings (SSSR count). The number of rotatable bonds is 2. The highest BCUT2D eigenvalue weighted by Gasteiger charge is 2.44. The first-order valence-corrected chi connectivity index (χ1v) is 6.57. The molecular weight excluding hydrogens is 336 g/mol. The van der Waals surface area contributed by atoms with Crippen LogP contribution in [0.15, 0.2) is 36.4 Å². The van der Waals surface area contributed by atoms with Crippen molar-refractivity contribution in [1.29, 1.82) is 0 Å². The predicted octanol–water partition coefficient (Wildman–Crippen LogP) is 3.56. The van der Waals surface area contributed by atoms with E-state index >= 15 is 0 Å². The summed E-state index contributed by atoms with van der Waals surface area (Å²) in [7, 11) is 0. The number of carbonyl (C=O) groups is 1. The predicted molar refractivity (Wildman–Crippen MR) is 68.7 cm³/mol. The van der Waals surface area contributed by atoms with Gasteiger partial charge in [0, 0.05) is 11.1 Å². The fraction of sp³-hybridized carbons (Fsp3) is 0.133. The molecule has 5 nitrogen and oxygen atoms in total. The molecule has 0 saturated heterocycles. The summed E-state index contributed by atoms with van der Waals surface area (Å²) in [5.74, 6) is -1.60. The van der Waals surface area contributed by atoms with Crippen LogP contribution in [0.2, 0.25) is 0 Å². The normalized spacial score (nSPS) is 18.5. The number of ether oxygens (including phenoxy) is 4. The molecule has 0 saturated carbocycles. The lowest BCUT2D eigenvalue weighted by Gasteiger charge is -2.05. The number of hydrogen-bond acceptors (Lipinski definition) is 5. The Morgan fingerprint density at radius 1 is 0.667 bits per heavy atom. The number of carbonyl (C=O) groups excluding carboxylic acids is 1. The molecule has 24 heavy (non-hydrogen) atoms. The maximum Gasteiger partial charge on any atom is 0.586 e. The fourth-order valence-corrected chi connectivity index (χ4v) is 2.35. The molecule has 9 heteroatoms. The van der Waals surface area contributed by atoms with E-state index in [4.69, 9.17) is 0 Å². The Labute approximate surface area is 131 Å². The van der Waals surface area contributed by atoms with Crippen molar-refractivity contribution in [1.82, 2.24) is 0 Å². The number of halogens is 4. The Balaban J connectivity index is 1.64. The average Bonchev–Trinajstić information content (AvgIpc) is 2.96. The summed E-state index contributed by atoms with van der Waals surface area (Å²) in [4.78, 5) is 12.4. The van der Waals surface area contributed by atoms with Crippen molar-refractivity contribution >= 4 is 5.78 Å². The first-order valence-electron chi connectivity index (χ1n) is 6.57. The van der Waals surface area contributed by atoms with E-state index in [1.165, 1.54) is 12.1 Å². The van der Waals surface area contributed by atoms with Gasteiger partial charge in [-0.3, -0.25) is 4.79 Å². The van der Waals surface area contributed by atoms with Crippen LogP contribution < -0.4 is 18.9 Å². The molecule has 0 unspecified atom stereocenters. The molecule has 0 fully saturated rings. The topological polar surface area (TPSA) is 54.0 Å². The van der Waals surface area contributed by atoms with Gasteiger partial charge in [0.05, 0.1) is 0 Å². The smallest absolute Gasteiger partial charge is 0.395 e. The highest BCUT2D eigenvalue weighted by molar-refractivity contribution is 6.09. The van der Waals surface area contributed by atoms with Crippen LogP contribution in [-0.2, 0) is 0 Å². The Bertz CT molecular complexity index is 795. The molecule has 2 aliphatic heterocycles. The third kappa shape index (κ3) is 2.38. The maximum absolute atomic E-state index is 13.0. The number of fused-ring (bicyclic) bond motifs is 2. The van der Waals surface area contributed by atoms with Crippen LogP contribution >= 0.6 is 0 Å². The molecule has 2 aromatic rings. The van der Waals surface area contributed by atoms with Crippen LogP contribution in [0.5, 0.6) is 23.0 Å². The SMILES string of the molecule is O=C(c1ccc2c(c1)OC(F)(F)O2)c1ccc2c(c1)OC(F)(F)O2. The fourth-order valence-electron chi connectivity index (χ4n) is 2.35. The standard InChI is InChI=1S/C15H6F4O5/c16-14(17)21-9-3-1-7(5-11(9)23-14)13(20)8-2-4-10-12(6-8)24-15(18,19)22-10/h1-6H. The van der Waals surface area contributed by atoms with Gasteiger partial charge in [-0.2, -0.15) is 0 Å². The Hall–Kier alpha value is -2.97. The Morgan fingerprint density at radius 2 is 1.04 bits per heavy atom. The zero-order chi connectivity index (χ0) is 17.1. The highest BCUT2D eigenvalue weighted by atomic mass is 19.3. The third-order valence-corrected chi connectivity index (χ3v) is 3.33. The van der Waals surface area contributed by atoms with E-state index in [0.717, 1.165) is 24.3 Å². The monoisotopic (exact) mass is 342 g/mol. The summed E-state index contributed by atoms with van der Waals surface area (Å²) < 4.78 is 68.9. The number of ketones is 1. The first kappa shape index (κ1) is 14.6. The summed E-state index contributed by atoms with van der Waals surface area (Å²) >= 11 is 0. The minimum absolute atomic E-state index is 0.0145. The molecule has 0 aromatic heterocycles. The van der Waals surface area contributed by atoms with Crippen molar-refractivity contribution in [2.45, 2.75) is 12.6 Å². The Kier molecular flexibility index (Phi) is 2.76. The minimum Gasteiger partial charge on any atom is -0.395 e. The van der Waals surface area contributed by atoms with E-state index in [1.807, 2.05) is 0 Å². The van der Waals surface area contributed by atoms with Crippen molar-refractivity contribution in [3.63, 3.8) is 0 Å². The molecule has 0 atom stereocenters. The van der Waals surface area contributed by atoms with Crippen LogP contribution in [0.3, 0.4) is 0 Å². The minimum atomic E-state index is -3.80. The van der Waals surface area contributed by atoms with Crippen molar-refractivity contribution in [3.05, 3.63) is 47.5 Å². The second-order valence-electron chi connectivity index (χ2n) is 4.99. The largest absolute Gasteiger partial charge is 0.586 e. The summed E-state index contributed by atoms with van der Waals surface area (Å²) in [5.41, 5.74) is 0.0290. The molecule has 0 bridgehead atoms. The van der Waals surface area contributed by atoms with Crippen molar-refractivity contribution in [3.8, 4) is 23.0 Å². The zero-order valence-corrected chi connectivity index (χ0v) is 11.5. The van der Waals surface area contributed by atoms with Gasteiger partial charge in [-0.15, -0.1) is 17.6 Å². The van der Waals surface area contributed by atoms with E-state index in [1.54, 1.807) is 0 Å². The second-order valence-corrected chi connectivity index (χ2v) is 4.99. The van der Waals surface area contributed by atoms with E-state index in [-0.39, 0.29) is 34.1 Å². The van der Waals surface area contributed by atoms with Gasteiger partial charge >= 0.3 is 12.6 Å². The van der Waals surface area contributed by atoms with Gasteiger partial charge in [-0.25, -0.2) is 0 Å². The van der Waals surface area contributed by atoms with Crippen LogP contribution in [0.1, 0.15) is 15.9 Å². The molecule has 0 amide bonds. The summed E-state index contributed by atoms with van der Waals surface area (Å²) in [6.07, 6.45) is -7.59. The van der Waals surface area contributed by atoms with E-state index in [0.29, 0.717) is 0 Å². The maximum atomic E-state index is 13.0. The van der Waals surface area contributed by atoms with Crippen molar-refractivity contribution in [2.24, 2.45) is 0 Å². The molecular formula is C15H6F4O5. The Morgan fingerprint density at radius 3 is 1.46 bits per heavy atom. The number of alkyl halides is 4. The summed E-state index contributed by atoms with van der Waals surface area (Å²) in [6, 6.07) is 6.99. The lowest BCUT2D eigenvalue weighted by molar-refractivity contribution is -0.287. The summed E-state index contributed by atoms with van der Waals surface area (Å²) in [6.45, 7) is 0. The molecule has 2 aromatic carbocycles. The third-order valence-electron chi connectivity index (χ3n) is 3.33. The van der Waals surface area contributed by atoms with Gasteiger partial charge in [-0.1, -0.05) is 0 Å². The van der Waals surface area contributed by atoms with Crippen LogP contribution in [0, 0.1) is 0 Å². The van der Waals surface area contributed by atoms with Crippen LogP contribution in [0.25, 0.3) is 0 Å². The lowest BCUT2D eigenvalue weighted by Crippen LogP contribution is -2.25. The van der Waals surface area contributed by atoms with Gasteiger partial charge in [0.2, 0.25) is 0 Å². The van der Waals surface area contributed by atoms with E-state index < -0.39 is 18.4 Å². The van der Waals surface area contributed by atoms with Crippen LogP contribution in [-0.4, -0.2) is 18.4 Å². The molecule has 2 heterocycles. The van der Waals surface area contributed by atoms with Crippen LogP contribution in [0.4, 0.5) is 17.6 Å². The number of benzene rings is 2. The zero-order valence-electron chi connectivity index (χ0n) is 11.5. The quantitative estimate of drug-likeness (QED) is 0.617. The van der Waals surface area contributed by atoms with Crippen molar-refractivity contribution in [2.75, 3.05) is 0 Å². The van der Waals surface area contributed by atoms with E-state index in [9.17, 15) is 22.4 Å². The molecule has 0 radical (unpaired) electrons. The van der Waals surface area contributed by atoms with E-state index in [2.05, 4.69) is 18.9 Å². The van der Waals surface area contributed by atoms with Gasteiger partial charge in [0.15, 0.2) is 28.8 Å². The summed E-state index contributed by atoms with van der Waals surface area (Å²) in [5, 5.41) is 0. The van der Waals surface area contributed by atoms with Gasteiger partial charge in [0.1, 0.15) is 0 Å². The van der Waals surface area contributed by atoms with Gasteiger partial charge in [-0.05, 0) is 36.4 Å². The molecule has 0 N–H and O–H groups in total. The molecule has 0 spiro atoms. The first-order chi connectivity index (χ1) is 11.2. The lowest BCUT2D eigenvalue weighted by atomic mass is 10.0. The molecule has 124 valence electrons. The average molecular weight is 342 g/mol. The van der Waals surface area contributed by atoms with Crippen molar-refractivity contribution < 1.29 is 41.3 Å². The van der Waals surface area contributed by atoms with Gasteiger partial charge in [0.25, 0.3) is 0 Å². The molecule has 0 aliphatic carbocycles. The number of hydrogen-bond donors (Lipinski definition) is 0. The second kappa shape index (κ2) is 4.53. The molecule has 2 aliphatic rings. The van der Waals surface area contributed by atoms with Gasteiger partial charge < -0.3 is 18.9 Å². The highest BCUT2D eigenvalue weighted by Crippen LogP contribution is 2.43.